The number of aryl methyl sites for hydroxylation is 1. The Morgan fingerprint density at radius 1 is 1.04 bits per heavy atom. The van der Waals surface area contributed by atoms with Gasteiger partial charge >= 0.3 is 5.97 Å². The number of hydrogen-bond donors (Lipinski definition) is 1. The van der Waals surface area contributed by atoms with E-state index in [2.05, 4.69) is 5.32 Å². The molecule has 0 unspecified atom stereocenters. The number of amides is 1. The van der Waals surface area contributed by atoms with E-state index in [1.807, 2.05) is 65.4 Å². The van der Waals surface area contributed by atoms with E-state index in [4.69, 9.17) is 9.47 Å². The lowest BCUT2D eigenvalue weighted by Crippen LogP contribution is -2.30. The minimum absolute atomic E-state index is 0.220. The third-order valence-electron chi connectivity index (χ3n) is 4.50. The molecule has 146 valence electrons. The third kappa shape index (κ3) is 5.36. The average Bonchev–Trinajstić information content (AvgIpc) is 3.14. The largest absolute Gasteiger partial charge is 0.497 e. The Balaban J connectivity index is 1.34. The van der Waals surface area contributed by atoms with E-state index in [1.54, 1.807) is 7.11 Å². The zero-order chi connectivity index (χ0) is 19.8. The highest BCUT2D eigenvalue weighted by Gasteiger charge is 2.09. The smallest absolute Gasteiger partial charge is 0.308 e. The van der Waals surface area contributed by atoms with Crippen molar-refractivity contribution in [2.45, 2.75) is 19.4 Å². The number of carbonyl (C=O) groups excluding carboxylic acids is 2. The summed E-state index contributed by atoms with van der Waals surface area (Å²) in [7, 11) is 1.62. The van der Waals surface area contributed by atoms with Gasteiger partial charge in [0.15, 0.2) is 6.61 Å². The minimum atomic E-state index is -0.386. The van der Waals surface area contributed by atoms with Gasteiger partial charge in [0, 0.05) is 24.8 Å². The van der Waals surface area contributed by atoms with Crippen LogP contribution in [0, 0.1) is 0 Å². The number of para-hydroxylation sites is 1. The maximum absolute atomic E-state index is 11.9. The lowest BCUT2D eigenvalue weighted by Gasteiger charge is -2.08. The van der Waals surface area contributed by atoms with Crippen LogP contribution in [-0.4, -0.2) is 36.7 Å². The van der Waals surface area contributed by atoms with Crippen LogP contribution in [0.5, 0.6) is 5.75 Å². The summed E-state index contributed by atoms with van der Waals surface area (Å²) in [5, 5.41) is 3.89. The first-order valence-corrected chi connectivity index (χ1v) is 9.25. The number of rotatable bonds is 9. The Morgan fingerprint density at radius 2 is 1.82 bits per heavy atom. The van der Waals surface area contributed by atoms with Gasteiger partial charge in [-0.25, -0.2) is 0 Å². The van der Waals surface area contributed by atoms with Crippen molar-refractivity contribution in [3.8, 4) is 5.75 Å². The molecule has 0 bridgehead atoms. The SMILES string of the molecule is COc1ccc(CCNC(=O)COC(=O)CCn2ccc3ccccc32)cc1. The highest BCUT2D eigenvalue weighted by atomic mass is 16.5. The molecule has 0 aliphatic heterocycles. The maximum Gasteiger partial charge on any atom is 0.308 e. The predicted octanol–water partition coefficient (Wildman–Crippen LogP) is 2.94. The molecule has 0 spiro atoms. The van der Waals surface area contributed by atoms with Gasteiger partial charge in [-0.3, -0.25) is 9.59 Å². The van der Waals surface area contributed by atoms with Crippen LogP contribution in [0.25, 0.3) is 10.9 Å². The van der Waals surface area contributed by atoms with Crippen LogP contribution >= 0.6 is 0 Å². The Hall–Kier alpha value is -3.28. The fraction of sp³-hybridized carbons (Fsp3) is 0.273. The highest BCUT2D eigenvalue weighted by Crippen LogP contribution is 2.15. The van der Waals surface area contributed by atoms with Gasteiger partial charge in [-0.05, 0) is 41.6 Å². The van der Waals surface area contributed by atoms with E-state index in [-0.39, 0.29) is 24.9 Å². The van der Waals surface area contributed by atoms with Crippen LogP contribution in [0.2, 0.25) is 0 Å². The van der Waals surface area contributed by atoms with E-state index in [1.165, 1.54) is 0 Å². The van der Waals surface area contributed by atoms with Crippen molar-refractivity contribution >= 4 is 22.8 Å². The Labute approximate surface area is 164 Å². The quantitative estimate of drug-likeness (QED) is 0.580. The van der Waals surface area contributed by atoms with Crippen LogP contribution in [-0.2, 0) is 27.3 Å². The zero-order valence-corrected chi connectivity index (χ0v) is 15.9. The van der Waals surface area contributed by atoms with Gasteiger partial charge in [0.05, 0.1) is 13.5 Å². The summed E-state index contributed by atoms with van der Waals surface area (Å²) in [6.45, 7) is 0.747. The zero-order valence-electron chi connectivity index (χ0n) is 15.9. The molecule has 0 aliphatic carbocycles. The number of benzene rings is 2. The van der Waals surface area contributed by atoms with E-state index in [9.17, 15) is 9.59 Å². The van der Waals surface area contributed by atoms with Crippen molar-refractivity contribution in [2.75, 3.05) is 20.3 Å². The number of fused-ring (bicyclic) bond motifs is 1. The first kappa shape index (κ1) is 19.5. The van der Waals surface area contributed by atoms with E-state index >= 15 is 0 Å². The Morgan fingerprint density at radius 3 is 2.61 bits per heavy atom. The van der Waals surface area contributed by atoms with Gasteiger partial charge in [0.25, 0.3) is 5.91 Å². The molecule has 1 heterocycles. The number of hydrogen-bond acceptors (Lipinski definition) is 4. The molecule has 0 atom stereocenters. The Bertz CT molecular complexity index is 931. The van der Waals surface area contributed by atoms with Crippen molar-refractivity contribution in [2.24, 2.45) is 0 Å². The standard InChI is InChI=1S/C22H24N2O4/c1-27-19-8-6-17(7-9-19)10-13-23-21(25)16-28-22(26)12-15-24-14-11-18-4-2-3-5-20(18)24/h2-9,11,14H,10,12-13,15-16H2,1H3,(H,23,25). The van der Waals surface area contributed by atoms with Crippen LogP contribution in [0.4, 0.5) is 0 Å². The van der Waals surface area contributed by atoms with Crippen molar-refractivity contribution in [3.05, 3.63) is 66.4 Å². The monoisotopic (exact) mass is 380 g/mol. The number of aromatic nitrogens is 1. The number of ether oxygens (including phenoxy) is 2. The van der Waals surface area contributed by atoms with Gasteiger partial charge in [-0.15, -0.1) is 0 Å². The second kappa shape index (κ2) is 9.60. The molecule has 0 aliphatic rings. The van der Waals surface area contributed by atoms with Gasteiger partial charge in [-0.2, -0.15) is 0 Å². The second-order valence-corrected chi connectivity index (χ2v) is 6.43. The number of nitrogens with one attached hydrogen (secondary N) is 1. The van der Waals surface area contributed by atoms with Crippen LogP contribution in [0.3, 0.4) is 0 Å². The molecule has 1 amide bonds. The molecule has 3 rings (SSSR count). The third-order valence-corrected chi connectivity index (χ3v) is 4.50. The molecule has 2 aromatic carbocycles. The molecule has 3 aromatic rings. The molecule has 1 aromatic heterocycles. The fourth-order valence-electron chi connectivity index (χ4n) is 2.96. The topological polar surface area (TPSA) is 69.6 Å². The fourth-order valence-corrected chi connectivity index (χ4v) is 2.96. The van der Waals surface area contributed by atoms with Crippen molar-refractivity contribution in [1.82, 2.24) is 9.88 Å². The molecule has 0 fully saturated rings. The Kier molecular flexibility index (Phi) is 6.68. The van der Waals surface area contributed by atoms with E-state index in [0.29, 0.717) is 19.5 Å². The molecule has 28 heavy (non-hydrogen) atoms. The number of carbonyl (C=O) groups is 2. The molecule has 6 nitrogen and oxygen atoms in total. The minimum Gasteiger partial charge on any atom is -0.497 e. The summed E-state index contributed by atoms with van der Waals surface area (Å²) in [4.78, 5) is 23.7. The number of nitrogens with zero attached hydrogens (tertiary/aromatic N) is 1. The molecule has 0 radical (unpaired) electrons. The molecule has 0 saturated heterocycles. The van der Waals surface area contributed by atoms with Gasteiger partial charge in [0.2, 0.25) is 0 Å². The van der Waals surface area contributed by atoms with Crippen LogP contribution in [0.15, 0.2) is 60.8 Å². The molecule has 6 heteroatoms. The summed E-state index contributed by atoms with van der Waals surface area (Å²) in [5.41, 5.74) is 2.17. The van der Waals surface area contributed by atoms with Gasteiger partial charge < -0.3 is 19.4 Å². The van der Waals surface area contributed by atoms with Crippen molar-refractivity contribution in [3.63, 3.8) is 0 Å². The maximum atomic E-state index is 11.9. The number of esters is 1. The van der Waals surface area contributed by atoms with Crippen LogP contribution < -0.4 is 10.1 Å². The van der Waals surface area contributed by atoms with Crippen LogP contribution in [0.1, 0.15) is 12.0 Å². The van der Waals surface area contributed by atoms with E-state index < -0.39 is 0 Å². The summed E-state index contributed by atoms with van der Waals surface area (Å²) in [6.07, 6.45) is 2.87. The molecule has 1 N–H and O–H groups in total. The summed E-state index contributed by atoms with van der Waals surface area (Å²) < 4.78 is 12.2. The van der Waals surface area contributed by atoms with Gasteiger partial charge in [-0.1, -0.05) is 30.3 Å². The predicted molar refractivity (Wildman–Crippen MR) is 107 cm³/mol. The molecular formula is C22H24N2O4. The number of methoxy groups -OCH3 is 1. The second-order valence-electron chi connectivity index (χ2n) is 6.43. The molecular weight excluding hydrogens is 356 g/mol. The van der Waals surface area contributed by atoms with E-state index in [0.717, 1.165) is 22.2 Å². The first-order chi connectivity index (χ1) is 13.7. The highest BCUT2D eigenvalue weighted by molar-refractivity contribution is 5.81. The molecule has 0 saturated carbocycles. The van der Waals surface area contributed by atoms with Gasteiger partial charge in [0.1, 0.15) is 5.75 Å². The van der Waals surface area contributed by atoms with Crippen molar-refractivity contribution < 1.29 is 19.1 Å². The summed E-state index contributed by atoms with van der Waals surface area (Å²) >= 11 is 0. The average molecular weight is 380 g/mol. The lowest BCUT2D eigenvalue weighted by molar-refractivity contribution is -0.148. The summed E-state index contributed by atoms with van der Waals surface area (Å²) in [6, 6.07) is 17.7. The normalized spacial score (nSPS) is 10.6. The van der Waals surface area contributed by atoms with Crippen molar-refractivity contribution in [1.29, 1.82) is 0 Å². The first-order valence-electron chi connectivity index (χ1n) is 9.25. The summed E-state index contributed by atoms with van der Waals surface area (Å²) in [5.74, 6) is 0.115. The lowest BCUT2D eigenvalue weighted by atomic mass is 10.1.